The summed E-state index contributed by atoms with van der Waals surface area (Å²) < 4.78 is 0. The summed E-state index contributed by atoms with van der Waals surface area (Å²) in [6, 6.07) is 11.2. The highest BCUT2D eigenvalue weighted by Gasteiger charge is 2.25. The second-order valence-electron chi connectivity index (χ2n) is 5.71. The molecule has 1 heterocycles. The van der Waals surface area contributed by atoms with Gasteiger partial charge in [0.05, 0.1) is 0 Å². The van der Waals surface area contributed by atoms with E-state index in [0.29, 0.717) is 17.9 Å². The van der Waals surface area contributed by atoms with Crippen LogP contribution >= 0.6 is 0 Å². The maximum Gasteiger partial charge on any atom is 0.0193 e. The fourth-order valence-corrected chi connectivity index (χ4v) is 2.78. The third kappa shape index (κ3) is 3.33. The quantitative estimate of drug-likeness (QED) is 0.865. The molecule has 0 amide bonds. The molecule has 1 fully saturated rings. The van der Waals surface area contributed by atoms with Crippen molar-refractivity contribution >= 4 is 0 Å². The molecule has 2 nitrogen and oxygen atoms in total. The highest BCUT2D eigenvalue weighted by molar-refractivity contribution is 5.21. The zero-order chi connectivity index (χ0) is 13.0. The van der Waals surface area contributed by atoms with Gasteiger partial charge in [0.1, 0.15) is 0 Å². The molecule has 3 unspecified atom stereocenters. The second kappa shape index (κ2) is 6.35. The van der Waals surface area contributed by atoms with E-state index in [1.807, 2.05) is 0 Å². The van der Waals surface area contributed by atoms with Crippen molar-refractivity contribution in [2.75, 3.05) is 19.6 Å². The van der Waals surface area contributed by atoms with Crippen LogP contribution in [-0.4, -0.2) is 30.6 Å². The van der Waals surface area contributed by atoms with Crippen molar-refractivity contribution in [1.82, 2.24) is 4.90 Å². The molecule has 1 aromatic rings. The van der Waals surface area contributed by atoms with Crippen molar-refractivity contribution in [3.63, 3.8) is 0 Å². The smallest absolute Gasteiger partial charge is 0.0193 e. The lowest BCUT2D eigenvalue weighted by molar-refractivity contribution is 0.273. The molecule has 0 saturated carbocycles. The van der Waals surface area contributed by atoms with Gasteiger partial charge < -0.3 is 10.6 Å². The molecule has 100 valence electrons. The van der Waals surface area contributed by atoms with Crippen LogP contribution in [-0.2, 0) is 0 Å². The third-order valence-corrected chi connectivity index (χ3v) is 4.39. The van der Waals surface area contributed by atoms with E-state index < -0.39 is 0 Å². The molecule has 2 rings (SSSR count). The van der Waals surface area contributed by atoms with Gasteiger partial charge in [0.25, 0.3) is 0 Å². The van der Waals surface area contributed by atoms with E-state index >= 15 is 0 Å². The molecule has 1 aromatic carbocycles. The number of likely N-dealkylation sites (tertiary alicyclic amines) is 1. The molecule has 0 bridgehead atoms. The van der Waals surface area contributed by atoms with E-state index in [1.54, 1.807) is 0 Å². The van der Waals surface area contributed by atoms with Gasteiger partial charge in [-0.2, -0.15) is 0 Å². The number of nitrogens with zero attached hydrogens (tertiary/aromatic N) is 1. The Labute approximate surface area is 111 Å². The normalized spacial score (nSPS) is 24.1. The molecule has 0 radical (unpaired) electrons. The number of hydrogen-bond acceptors (Lipinski definition) is 2. The summed E-state index contributed by atoms with van der Waals surface area (Å²) >= 11 is 0. The molecular weight excluding hydrogens is 220 g/mol. The predicted molar refractivity (Wildman–Crippen MR) is 77.7 cm³/mol. The summed E-state index contributed by atoms with van der Waals surface area (Å²) in [4.78, 5) is 2.54. The van der Waals surface area contributed by atoms with Crippen molar-refractivity contribution in [1.29, 1.82) is 0 Å². The first kappa shape index (κ1) is 13.6. The van der Waals surface area contributed by atoms with E-state index in [4.69, 9.17) is 5.73 Å². The molecule has 2 heteroatoms. The van der Waals surface area contributed by atoms with Gasteiger partial charge >= 0.3 is 0 Å². The van der Waals surface area contributed by atoms with Crippen LogP contribution in [0.15, 0.2) is 30.3 Å². The average molecular weight is 246 g/mol. The molecule has 1 aliphatic heterocycles. The first-order valence-corrected chi connectivity index (χ1v) is 7.23. The molecule has 3 atom stereocenters. The van der Waals surface area contributed by atoms with Gasteiger partial charge in [-0.3, -0.25) is 0 Å². The topological polar surface area (TPSA) is 29.3 Å². The minimum atomic E-state index is 0.324. The fraction of sp³-hybridized carbons (Fsp3) is 0.625. The zero-order valence-electron chi connectivity index (χ0n) is 11.7. The van der Waals surface area contributed by atoms with Gasteiger partial charge in [0, 0.05) is 19.1 Å². The van der Waals surface area contributed by atoms with E-state index in [1.165, 1.54) is 31.5 Å². The van der Waals surface area contributed by atoms with Crippen molar-refractivity contribution < 1.29 is 0 Å². The standard InChI is InChI=1S/C16H26N2/c1-3-13(2)16(17)12-18-10-9-15(11-18)14-7-5-4-6-8-14/h4-8,13,15-16H,3,9-12,17H2,1-2H3. The van der Waals surface area contributed by atoms with Crippen LogP contribution in [0.1, 0.15) is 38.2 Å². The minimum Gasteiger partial charge on any atom is -0.326 e. The van der Waals surface area contributed by atoms with Crippen LogP contribution in [0.3, 0.4) is 0 Å². The van der Waals surface area contributed by atoms with Gasteiger partial charge in [0.2, 0.25) is 0 Å². The van der Waals surface area contributed by atoms with Crippen molar-refractivity contribution in [2.24, 2.45) is 11.7 Å². The van der Waals surface area contributed by atoms with Crippen LogP contribution in [0, 0.1) is 5.92 Å². The lowest BCUT2D eigenvalue weighted by Gasteiger charge is -2.24. The molecule has 0 spiro atoms. The Kier molecular flexibility index (Phi) is 4.79. The van der Waals surface area contributed by atoms with Crippen molar-refractivity contribution in [2.45, 2.75) is 38.6 Å². The summed E-state index contributed by atoms with van der Waals surface area (Å²) in [5.41, 5.74) is 7.73. The minimum absolute atomic E-state index is 0.324. The summed E-state index contributed by atoms with van der Waals surface area (Å²) in [5.74, 6) is 1.33. The van der Waals surface area contributed by atoms with Gasteiger partial charge in [-0.15, -0.1) is 0 Å². The molecule has 18 heavy (non-hydrogen) atoms. The highest BCUT2D eigenvalue weighted by atomic mass is 15.2. The highest BCUT2D eigenvalue weighted by Crippen LogP contribution is 2.27. The first-order chi connectivity index (χ1) is 8.70. The number of rotatable bonds is 5. The van der Waals surface area contributed by atoms with Crippen LogP contribution in [0.4, 0.5) is 0 Å². The average Bonchev–Trinajstić information content (AvgIpc) is 2.87. The molecule has 1 aliphatic rings. The summed E-state index contributed by atoms with van der Waals surface area (Å²) in [7, 11) is 0. The van der Waals surface area contributed by atoms with E-state index in [2.05, 4.69) is 49.1 Å². The van der Waals surface area contributed by atoms with E-state index in [-0.39, 0.29) is 0 Å². The van der Waals surface area contributed by atoms with Crippen LogP contribution in [0.25, 0.3) is 0 Å². The largest absolute Gasteiger partial charge is 0.326 e. The Bertz CT molecular complexity index is 349. The molecule has 2 N–H and O–H groups in total. The molecule has 1 saturated heterocycles. The number of hydrogen-bond donors (Lipinski definition) is 1. The SMILES string of the molecule is CCC(C)C(N)CN1CCC(c2ccccc2)C1. The Balaban J connectivity index is 1.85. The first-order valence-electron chi connectivity index (χ1n) is 7.23. The number of nitrogens with two attached hydrogens (primary N) is 1. The molecular formula is C16H26N2. The van der Waals surface area contributed by atoms with Gasteiger partial charge in [-0.05, 0) is 30.4 Å². The van der Waals surface area contributed by atoms with Crippen LogP contribution in [0.2, 0.25) is 0 Å². The van der Waals surface area contributed by atoms with Crippen molar-refractivity contribution in [3.8, 4) is 0 Å². The zero-order valence-corrected chi connectivity index (χ0v) is 11.7. The Morgan fingerprint density at radius 1 is 1.33 bits per heavy atom. The maximum absolute atomic E-state index is 6.25. The van der Waals surface area contributed by atoms with Gasteiger partial charge in [0.15, 0.2) is 0 Å². The Hall–Kier alpha value is -0.860. The lowest BCUT2D eigenvalue weighted by atomic mass is 9.98. The summed E-state index contributed by atoms with van der Waals surface area (Å²) in [6.07, 6.45) is 2.45. The van der Waals surface area contributed by atoms with Crippen LogP contribution in [0.5, 0.6) is 0 Å². The van der Waals surface area contributed by atoms with Gasteiger partial charge in [-0.25, -0.2) is 0 Å². The fourth-order valence-electron chi connectivity index (χ4n) is 2.78. The summed E-state index contributed by atoms with van der Waals surface area (Å²) in [5, 5.41) is 0. The van der Waals surface area contributed by atoms with E-state index in [0.717, 1.165) is 6.54 Å². The maximum atomic E-state index is 6.25. The lowest BCUT2D eigenvalue weighted by Crippen LogP contribution is -2.40. The Morgan fingerprint density at radius 2 is 2.06 bits per heavy atom. The second-order valence-corrected chi connectivity index (χ2v) is 5.71. The Morgan fingerprint density at radius 3 is 2.72 bits per heavy atom. The van der Waals surface area contributed by atoms with Gasteiger partial charge in [-0.1, -0.05) is 50.6 Å². The molecule has 0 aliphatic carbocycles. The van der Waals surface area contributed by atoms with Crippen molar-refractivity contribution in [3.05, 3.63) is 35.9 Å². The predicted octanol–water partition coefficient (Wildman–Crippen LogP) is 2.85. The third-order valence-electron chi connectivity index (χ3n) is 4.39. The summed E-state index contributed by atoms with van der Waals surface area (Å²) in [6.45, 7) is 7.91. The molecule has 0 aromatic heterocycles. The van der Waals surface area contributed by atoms with E-state index in [9.17, 15) is 0 Å². The van der Waals surface area contributed by atoms with Crippen LogP contribution < -0.4 is 5.73 Å². The monoisotopic (exact) mass is 246 g/mol. The number of benzene rings is 1.